The van der Waals surface area contributed by atoms with Crippen LogP contribution in [0.3, 0.4) is 0 Å². The monoisotopic (exact) mass is 330 g/mol. The van der Waals surface area contributed by atoms with Gasteiger partial charge in [-0.05, 0) is 49.3 Å². The molecule has 132 valence electrons. The molecule has 0 spiro atoms. The first-order chi connectivity index (χ1) is 11.5. The molecule has 1 aromatic carbocycles. The summed E-state index contributed by atoms with van der Waals surface area (Å²) in [6, 6.07) is 8.40. The number of amides is 1. The molecular formula is C20H30N2O2. The number of hydrogen-bond donors (Lipinski definition) is 1. The summed E-state index contributed by atoms with van der Waals surface area (Å²) >= 11 is 0. The van der Waals surface area contributed by atoms with Gasteiger partial charge in [0, 0.05) is 37.8 Å². The second-order valence-corrected chi connectivity index (χ2v) is 7.69. The molecule has 1 saturated heterocycles. The summed E-state index contributed by atoms with van der Waals surface area (Å²) in [6.07, 6.45) is 4.00. The summed E-state index contributed by atoms with van der Waals surface area (Å²) in [5, 5.41) is 10.1. The first-order valence-electron chi connectivity index (χ1n) is 9.35. The largest absolute Gasteiger partial charge is 0.391 e. The van der Waals surface area contributed by atoms with Crippen LogP contribution in [0.2, 0.25) is 0 Å². The van der Waals surface area contributed by atoms with Crippen molar-refractivity contribution in [2.45, 2.75) is 51.7 Å². The molecule has 3 rings (SSSR count). The molecule has 24 heavy (non-hydrogen) atoms. The van der Waals surface area contributed by atoms with Crippen LogP contribution in [0.4, 0.5) is 0 Å². The van der Waals surface area contributed by atoms with Crippen molar-refractivity contribution >= 4 is 5.91 Å². The number of piperazine rings is 1. The van der Waals surface area contributed by atoms with Crippen molar-refractivity contribution in [2.75, 3.05) is 26.2 Å². The van der Waals surface area contributed by atoms with Gasteiger partial charge < -0.3 is 10.0 Å². The number of hydrogen-bond acceptors (Lipinski definition) is 3. The fourth-order valence-corrected chi connectivity index (χ4v) is 4.04. The van der Waals surface area contributed by atoms with Crippen LogP contribution in [0, 0.1) is 5.92 Å². The number of aliphatic hydroxyl groups excluding tert-OH is 1. The minimum Gasteiger partial charge on any atom is -0.391 e. The van der Waals surface area contributed by atoms with E-state index in [0.29, 0.717) is 12.0 Å². The second-order valence-electron chi connectivity index (χ2n) is 7.69. The molecule has 1 saturated carbocycles. The van der Waals surface area contributed by atoms with E-state index in [4.69, 9.17) is 0 Å². The smallest absolute Gasteiger partial charge is 0.253 e. The van der Waals surface area contributed by atoms with Crippen LogP contribution >= 0.6 is 0 Å². The van der Waals surface area contributed by atoms with Gasteiger partial charge in [-0.25, -0.2) is 0 Å². The van der Waals surface area contributed by atoms with Crippen LogP contribution in [0.15, 0.2) is 24.3 Å². The summed E-state index contributed by atoms with van der Waals surface area (Å²) in [7, 11) is 0. The van der Waals surface area contributed by atoms with Gasteiger partial charge in [0.2, 0.25) is 0 Å². The topological polar surface area (TPSA) is 43.8 Å². The molecule has 1 heterocycles. The maximum Gasteiger partial charge on any atom is 0.253 e. The third-order valence-electron chi connectivity index (χ3n) is 5.36. The Morgan fingerprint density at radius 3 is 2.33 bits per heavy atom. The average Bonchev–Trinajstić information content (AvgIpc) is 3.00. The molecule has 0 radical (unpaired) electrons. The molecule has 1 N–H and O–H groups in total. The lowest BCUT2D eigenvalue weighted by Gasteiger charge is -2.39. The average molecular weight is 330 g/mol. The molecule has 2 atom stereocenters. The molecule has 0 bridgehead atoms. The van der Waals surface area contributed by atoms with E-state index in [1.807, 2.05) is 17.0 Å². The van der Waals surface area contributed by atoms with Gasteiger partial charge in [0.15, 0.2) is 0 Å². The third-order valence-corrected chi connectivity index (χ3v) is 5.36. The Balaban J connectivity index is 1.55. The molecule has 0 aromatic heterocycles. The van der Waals surface area contributed by atoms with E-state index in [0.717, 1.165) is 57.4 Å². The van der Waals surface area contributed by atoms with Gasteiger partial charge in [-0.15, -0.1) is 0 Å². The first kappa shape index (κ1) is 17.4. The van der Waals surface area contributed by atoms with Crippen LogP contribution in [0.5, 0.6) is 0 Å². The molecule has 1 aliphatic heterocycles. The Labute approximate surface area is 145 Å². The van der Waals surface area contributed by atoms with Gasteiger partial charge in [-0.1, -0.05) is 26.0 Å². The number of carbonyl (C=O) groups excluding carboxylic acids is 1. The number of aliphatic hydroxyl groups is 1. The number of rotatable bonds is 4. The van der Waals surface area contributed by atoms with Gasteiger partial charge in [-0.3, -0.25) is 9.69 Å². The van der Waals surface area contributed by atoms with Gasteiger partial charge in [-0.2, -0.15) is 0 Å². The van der Waals surface area contributed by atoms with Gasteiger partial charge >= 0.3 is 0 Å². The molecule has 0 unspecified atom stereocenters. The zero-order valence-electron chi connectivity index (χ0n) is 14.9. The second kappa shape index (κ2) is 7.66. The van der Waals surface area contributed by atoms with Gasteiger partial charge in [0.05, 0.1) is 6.10 Å². The van der Waals surface area contributed by atoms with Gasteiger partial charge in [0.25, 0.3) is 5.91 Å². The lowest BCUT2D eigenvalue weighted by molar-refractivity contribution is 0.0315. The Kier molecular flexibility index (Phi) is 5.57. The molecular weight excluding hydrogens is 300 g/mol. The van der Waals surface area contributed by atoms with Gasteiger partial charge in [0.1, 0.15) is 0 Å². The SMILES string of the molecule is CC(C)Cc1ccc(C(=O)N2CCN([C@@H]3CCC[C@H]3O)CC2)cc1. The van der Waals surface area contributed by atoms with Crippen molar-refractivity contribution in [3.05, 3.63) is 35.4 Å². The van der Waals surface area contributed by atoms with Crippen molar-refractivity contribution in [1.82, 2.24) is 9.80 Å². The van der Waals surface area contributed by atoms with Crippen LogP contribution < -0.4 is 0 Å². The molecule has 1 amide bonds. The summed E-state index contributed by atoms with van der Waals surface area (Å²) in [4.78, 5) is 17.0. The van der Waals surface area contributed by atoms with E-state index in [1.165, 1.54) is 5.56 Å². The van der Waals surface area contributed by atoms with Crippen molar-refractivity contribution in [3.63, 3.8) is 0 Å². The zero-order chi connectivity index (χ0) is 17.1. The van der Waals surface area contributed by atoms with Crippen LogP contribution in [-0.2, 0) is 6.42 Å². The van der Waals surface area contributed by atoms with E-state index in [-0.39, 0.29) is 12.0 Å². The normalized spacial score (nSPS) is 25.4. The highest BCUT2D eigenvalue weighted by molar-refractivity contribution is 5.94. The Morgan fingerprint density at radius 2 is 1.79 bits per heavy atom. The molecule has 4 heteroatoms. The van der Waals surface area contributed by atoms with Crippen molar-refractivity contribution in [2.24, 2.45) is 5.92 Å². The summed E-state index contributed by atoms with van der Waals surface area (Å²) in [6.45, 7) is 7.68. The van der Waals surface area contributed by atoms with E-state index in [1.54, 1.807) is 0 Å². The predicted molar refractivity (Wildman–Crippen MR) is 96.1 cm³/mol. The maximum atomic E-state index is 12.7. The molecule has 4 nitrogen and oxygen atoms in total. The third kappa shape index (κ3) is 3.98. The van der Waals surface area contributed by atoms with Crippen LogP contribution in [-0.4, -0.2) is 59.1 Å². The van der Waals surface area contributed by atoms with E-state index in [2.05, 4.69) is 30.9 Å². The summed E-state index contributed by atoms with van der Waals surface area (Å²) < 4.78 is 0. The van der Waals surface area contributed by atoms with Crippen LogP contribution in [0.1, 0.15) is 49.0 Å². The summed E-state index contributed by atoms with van der Waals surface area (Å²) in [5.74, 6) is 0.767. The van der Waals surface area contributed by atoms with Crippen molar-refractivity contribution < 1.29 is 9.90 Å². The predicted octanol–water partition coefficient (Wildman–Crippen LogP) is 2.56. The highest BCUT2D eigenvalue weighted by Gasteiger charge is 2.33. The summed E-state index contributed by atoms with van der Waals surface area (Å²) in [5.41, 5.74) is 2.08. The highest BCUT2D eigenvalue weighted by Crippen LogP contribution is 2.25. The van der Waals surface area contributed by atoms with Crippen molar-refractivity contribution in [1.29, 1.82) is 0 Å². The zero-order valence-corrected chi connectivity index (χ0v) is 14.9. The minimum atomic E-state index is -0.180. The maximum absolute atomic E-state index is 12.7. The van der Waals surface area contributed by atoms with E-state index < -0.39 is 0 Å². The lowest BCUT2D eigenvalue weighted by atomic mass is 10.0. The number of benzene rings is 1. The molecule has 1 aliphatic carbocycles. The minimum absolute atomic E-state index is 0.137. The standard InChI is InChI=1S/C20H30N2O2/c1-15(2)14-16-6-8-17(9-7-16)20(24)22-12-10-21(11-13-22)18-4-3-5-19(18)23/h6-9,15,18-19,23H,3-5,10-14H2,1-2H3/t18-,19-/m1/s1. The number of carbonyl (C=O) groups is 1. The Morgan fingerprint density at radius 1 is 1.12 bits per heavy atom. The first-order valence-corrected chi connectivity index (χ1v) is 9.35. The fourth-order valence-electron chi connectivity index (χ4n) is 4.04. The Bertz CT molecular complexity index is 547. The van der Waals surface area contributed by atoms with E-state index >= 15 is 0 Å². The highest BCUT2D eigenvalue weighted by atomic mass is 16.3. The quantitative estimate of drug-likeness (QED) is 0.923. The fraction of sp³-hybridized carbons (Fsp3) is 0.650. The van der Waals surface area contributed by atoms with Crippen molar-refractivity contribution in [3.8, 4) is 0 Å². The molecule has 2 fully saturated rings. The van der Waals surface area contributed by atoms with Crippen LogP contribution in [0.25, 0.3) is 0 Å². The lowest BCUT2D eigenvalue weighted by Crippen LogP contribution is -2.53. The molecule has 2 aliphatic rings. The molecule has 1 aromatic rings. The van der Waals surface area contributed by atoms with E-state index in [9.17, 15) is 9.90 Å². The Hall–Kier alpha value is -1.39. The number of nitrogens with zero attached hydrogens (tertiary/aromatic N) is 2.